The summed E-state index contributed by atoms with van der Waals surface area (Å²) in [4.78, 5) is 0. The molecular weight excluding hydrogens is 284 g/mol. The zero-order chi connectivity index (χ0) is 14.8. The van der Waals surface area contributed by atoms with Gasteiger partial charge in [0.2, 0.25) is 0 Å². The van der Waals surface area contributed by atoms with Crippen LogP contribution in [0.4, 0.5) is 0 Å². The second kappa shape index (κ2) is 5.78. The van der Waals surface area contributed by atoms with Crippen molar-refractivity contribution in [2.24, 2.45) is 5.10 Å². The van der Waals surface area contributed by atoms with Crippen molar-refractivity contribution < 1.29 is 4.74 Å². The standard InChI is InChI=1S/C17H17ClN2O/c1-11-9-13-10-15(21-2)7-8-16(13)17(20-19-11)12-3-5-14(18)6-4-12/h3-8,10-11,19H,9H2,1-2H3. The Bertz CT molecular complexity index is 680. The highest BCUT2D eigenvalue weighted by Crippen LogP contribution is 2.24. The number of rotatable bonds is 2. The number of halogens is 1. The fraction of sp³-hybridized carbons (Fsp3) is 0.235. The molecule has 0 spiro atoms. The zero-order valence-corrected chi connectivity index (χ0v) is 12.8. The van der Waals surface area contributed by atoms with Crippen molar-refractivity contribution >= 4 is 17.3 Å². The molecule has 21 heavy (non-hydrogen) atoms. The molecule has 0 aliphatic carbocycles. The molecule has 0 aromatic heterocycles. The third-order valence-electron chi connectivity index (χ3n) is 3.61. The molecule has 2 aromatic carbocycles. The molecule has 1 N–H and O–H groups in total. The summed E-state index contributed by atoms with van der Waals surface area (Å²) in [5, 5.41) is 5.31. The molecule has 2 aromatic rings. The molecule has 3 nitrogen and oxygen atoms in total. The Hall–Kier alpha value is -2.00. The minimum atomic E-state index is 0.278. The van der Waals surface area contributed by atoms with E-state index in [4.69, 9.17) is 16.3 Å². The van der Waals surface area contributed by atoms with Gasteiger partial charge in [-0.15, -0.1) is 0 Å². The Morgan fingerprint density at radius 2 is 1.95 bits per heavy atom. The number of nitrogens with zero attached hydrogens (tertiary/aromatic N) is 1. The van der Waals surface area contributed by atoms with Crippen LogP contribution in [0.3, 0.4) is 0 Å². The zero-order valence-electron chi connectivity index (χ0n) is 12.1. The normalized spacial score (nSPS) is 17.3. The van der Waals surface area contributed by atoms with E-state index < -0.39 is 0 Å². The van der Waals surface area contributed by atoms with E-state index in [0.29, 0.717) is 0 Å². The van der Waals surface area contributed by atoms with Crippen LogP contribution in [0.2, 0.25) is 5.02 Å². The fourth-order valence-electron chi connectivity index (χ4n) is 2.54. The average Bonchev–Trinajstić information content (AvgIpc) is 2.65. The molecule has 1 aliphatic heterocycles. The summed E-state index contributed by atoms with van der Waals surface area (Å²) >= 11 is 5.97. The maximum absolute atomic E-state index is 5.97. The maximum Gasteiger partial charge on any atom is 0.119 e. The topological polar surface area (TPSA) is 33.6 Å². The van der Waals surface area contributed by atoms with E-state index in [9.17, 15) is 0 Å². The summed E-state index contributed by atoms with van der Waals surface area (Å²) in [5.74, 6) is 0.873. The Kier molecular flexibility index (Phi) is 3.84. The highest BCUT2D eigenvalue weighted by atomic mass is 35.5. The predicted octanol–water partition coefficient (Wildman–Crippen LogP) is 3.64. The molecule has 1 heterocycles. The van der Waals surface area contributed by atoms with E-state index in [0.717, 1.165) is 34.0 Å². The van der Waals surface area contributed by atoms with E-state index in [1.807, 2.05) is 30.3 Å². The molecule has 3 rings (SSSR count). The number of benzene rings is 2. The minimum absolute atomic E-state index is 0.278. The monoisotopic (exact) mass is 300 g/mol. The lowest BCUT2D eigenvalue weighted by molar-refractivity contribution is 0.414. The third kappa shape index (κ3) is 2.88. The van der Waals surface area contributed by atoms with Gasteiger partial charge in [0.05, 0.1) is 12.8 Å². The number of ether oxygens (including phenoxy) is 1. The molecule has 0 radical (unpaired) electrons. The lowest BCUT2D eigenvalue weighted by Crippen LogP contribution is -2.21. The second-order valence-electron chi connectivity index (χ2n) is 5.22. The van der Waals surface area contributed by atoms with Gasteiger partial charge in [0.1, 0.15) is 5.75 Å². The fourth-order valence-corrected chi connectivity index (χ4v) is 2.66. The van der Waals surface area contributed by atoms with Gasteiger partial charge in [-0.3, -0.25) is 0 Å². The molecule has 0 amide bonds. The molecule has 0 saturated carbocycles. The first-order valence-electron chi connectivity index (χ1n) is 6.94. The smallest absolute Gasteiger partial charge is 0.119 e. The van der Waals surface area contributed by atoms with E-state index in [1.54, 1.807) is 7.11 Å². The van der Waals surface area contributed by atoms with Crippen LogP contribution in [0.15, 0.2) is 47.6 Å². The molecule has 1 aliphatic rings. The summed E-state index contributed by atoms with van der Waals surface area (Å²) in [7, 11) is 1.69. The lowest BCUT2D eigenvalue weighted by atomic mass is 9.94. The number of hydrogen-bond donors (Lipinski definition) is 1. The molecule has 0 bridgehead atoms. The van der Waals surface area contributed by atoms with Crippen molar-refractivity contribution in [1.29, 1.82) is 0 Å². The van der Waals surface area contributed by atoms with Gasteiger partial charge in [-0.05, 0) is 49.2 Å². The Balaban J connectivity index is 2.11. The van der Waals surface area contributed by atoms with Crippen LogP contribution >= 0.6 is 11.6 Å². The number of fused-ring (bicyclic) bond motifs is 1. The maximum atomic E-state index is 5.97. The van der Waals surface area contributed by atoms with Crippen molar-refractivity contribution in [2.45, 2.75) is 19.4 Å². The van der Waals surface area contributed by atoms with Gasteiger partial charge < -0.3 is 10.2 Å². The van der Waals surface area contributed by atoms with Gasteiger partial charge in [0.25, 0.3) is 0 Å². The van der Waals surface area contributed by atoms with Gasteiger partial charge >= 0.3 is 0 Å². The number of nitrogens with one attached hydrogen (secondary N) is 1. The minimum Gasteiger partial charge on any atom is -0.497 e. The van der Waals surface area contributed by atoms with Gasteiger partial charge in [-0.25, -0.2) is 0 Å². The summed E-state index contributed by atoms with van der Waals surface area (Å²) in [6, 6.07) is 14.2. The number of hydrazone groups is 1. The van der Waals surface area contributed by atoms with E-state index >= 15 is 0 Å². The molecule has 108 valence electrons. The Morgan fingerprint density at radius 1 is 1.19 bits per heavy atom. The molecule has 1 atom stereocenters. The summed E-state index contributed by atoms with van der Waals surface area (Å²) in [6.45, 7) is 2.12. The van der Waals surface area contributed by atoms with E-state index in [-0.39, 0.29) is 6.04 Å². The van der Waals surface area contributed by atoms with Crippen LogP contribution in [0.25, 0.3) is 0 Å². The second-order valence-corrected chi connectivity index (χ2v) is 5.66. The summed E-state index contributed by atoms with van der Waals surface area (Å²) < 4.78 is 5.34. The van der Waals surface area contributed by atoms with Gasteiger partial charge in [0, 0.05) is 22.2 Å². The van der Waals surface area contributed by atoms with Crippen molar-refractivity contribution in [2.75, 3.05) is 7.11 Å². The summed E-state index contributed by atoms with van der Waals surface area (Å²) in [6.07, 6.45) is 0.910. The quantitative estimate of drug-likeness (QED) is 0.919. The van der Waals surface area contributed by atoms with Crippen LogP contribution in [0.1, 0.15) is 23.6 Å². The average molecular weight is 301 g/mol. The first-order chi connectivity index (χ1) is 10.2. The highest BCUT2D eigenvalue weighted by molar-refractivity contribution is 6.30. The van der Waals surface area contributed by atoms with Crippen LogP contribution in [-0.4, -0.2) is 18.9 Å². The molecular formula is C17H17ClN2O. The Morgan fingerprint density at radius 3 is 2.67 bits per heavy atom. The van der Waals surface area contributed by atoms with Crippen molar-refractivity contribution in [3.63, 3.8) is 0 Å². The van der Waals surface area contributed by atoms with Crippen LogP contribution in [-0.2, 0) is 6.42 Å². The third-order valence-corrected chi connectivity index (χ3v) is 3.86. The van der Waals surface area contributed by atoms with Crippen LogP contribution < -0.4 is 10.2 Å². The van der Waals surface area contributed by atoms with Gasteiger partial charge in [-0.1, -0.05) is 23.7 Å². The largest absolute Gasteiger partial charge is 0.497 e. The van der Waals surface area contributed by atoms with Gasteiger partial charge in [-0.2, -0.15) is 5.10 Å². The predicted molar refractivity (Wildman–Crippen MR) is 86.4 cm³/mol. The molecule has 4 heteroatoms. The SMILES string of the molecule is COc1ccc2c(c1)CC(C)NN=C2c1ccc(Cl)cc1. The van der Waals surface area contributed by atoms with Gasteiger partial charge in [0.15, 0.2) is 0 Å². The van der Waals surface area contributed by atoms with Crippen molar-refractivity contribution in [3.8, 4) is 5.75 Å². The first-order valence-corrected chi connectivity index (χ1v) is 7.31. The highest BCUT2D eigenvalue weighted by Gasteiger charge is 2.18. The lowest BCUT2D eigenvalue weighted by Gasteiger charge is -2.11. The molecule has 0 saturated heterocycles. The van der Waals surface area contributed by atoms with E-state index in [2.05, 4.69) is 29.6 Å². The van der Waals surface area contributed by atoms with Crippen LogP contribution in [0.5, 0.6) is 5.75 Å². The number of hydrogen-bond acceptors (Lipinski definition) is 3. The molecule has 0 fully saturated rings. The summed E-state index contributed by atoms with van der Waals surface area (Å²) in [5.41, 5.74) is 7.56. The van der Waals surface area contributed by atoms with Crippen molar-refractivity contribution in [1.82, 2.24) is 5.43 Å². The first kappa shape index (κ1) is 14.0. The molecule has 1 unspecified atom stereocenters. The number of methoxy groups -OCH3 is 1. The van der Waals surface area contributed by atoms with E-state index in [1.165, 1.54) is 5.56 Å². The van der Waals surface area contributed by atoms with Crippen LogP contribution in [0, 0.1) is 0 Å². The Labute approximate surface area is 129 Å². The van der Waals surface area contributed by atoms with Crippen molar-refractivity contribution in [3.05, 3.63) is 64.2 Å².